The fourth-order valence-corrected chi connectivity index (χ4v) is 10.7. The predicted molar refractivity (Wildman–Crippen MR) is 147 cm³/mol. The molecule has 3 nitrogen and oxygen atoms in total. The third-order valence-electron chi connectivity index (χ3n) is 8.16. The largest absolute Gasteiger partial charge is 0.495 e. The molecule has 0 aliphatic carbocycles. The van der Waals surface area contributed by atoms with E-state index in [1.54, 1.807) is 0 Å². The third kappa shape index (κ3) is 4.43. The number of hydrogen-bond donors (Lipinski definition) is 1. The van der Waals surface area contributed by atoms with Gasteiger partial charge in [-0.25, -0.2) is 4.39 Å². The van der Waals surface area contributed by atoms with Crippen molar-refractivity contribution in [2.75, 3.05) is 12.4 Å². The fourth-order valence-electron chi connectivity index (χ4n) is 5.50. The van der Waals surface area contributed by atoms with Gasteiger partial charge in [0.05, 0.1) is 16.8 Å². The number of halogens is 1. The number of hydrogen-bond acceptors (Lipinski definition) is 3. The van der Waals surface area contributed by atoms with Gasteiger partial charge in [0, 0.05) is 18.1 Å². The van der Waals surface area contributed by atoms with Gasteiger partial charge >= 0.3 is 7.12 Å². The summed E-state index contributed by atoms with van der Waals surface area (Å²) in [4.78, 5) is 0. The molecule has 0 saturated carbocycles. The Morgan fingerprint density at radius 3 is 1.91 bits per heavy atom. The Bertz CT molecular complexity index is 1090. The van der Waals surface area contributed by atoms with Gasteiger partial charge in [-0.3, -0.25) is 0 Å². The molecule has 0 aromatic heterocycles. The van der Waals surface area contributed by atoms with Gasteiger partial charge in [0.1, 0.15) is 13.9 Å². The molecule has 34 heavy (non-hydrogen) atoms. The molecule has 0 amide bonds. The van der Waals surface area contributed by atoms with Crippen molar-refractivity contribution >= 4 is 37.1 Å². The minimum atomic E-state index is -2.04. The number of benzene rings is 2. The highest BCUT2D eigenvalue weighted by atomic mass is 28.3. The Labute approximate surface area is 207 Å². The maximum Gasteiger partial charge on any atom is 0.495 e. The van der Waals surface area contributed by atoms with Crippen molar-refractivity contribution in [1.82, 2.24) is 0 Å². The second kappa shape index (κ2) is 9.33. The summed E-state index contributed by atoms with van der Waals surface area (Å²) in [6, 6.07) is 7.40. The van der Waals surface area contributed by atoms with Gasteiger partial charge in [-0.2, -0.15) is 0 Å². The number of nitrogens with one attached hydrogen (secondary N) is 1. The highest BCUT2D eigenvalue weighted by Crippen LogP contribution is 2.41. The van der Waals surface area contributed by atoms with Crippen LogP contribution >= 0.6 is 0 Å². The summed E-state index contributed by atoms with van der Waals surface area (Å²) in [5.74, 6) is 3.09. The second-order valence-electron chi connectivity index (χ2n) is 11.6. The molecule has 0 radical (unpaired) electrons. The smallest absolute Gasteiger partial charge is 0.399 e. The van der Waals surface area contributed by atoms with Crippen molar-refractivity contribution < 1.29 is 13.7 Å². The minimum absolute atomic E-state index is 0.297. The van der Waals surface area contributed by atoms with Crippen LogP contribution in [-0.2, 0) is 9.31 Å². The van der Waals surface area contributed by atoms with Crippen molar-refractivity contribution in [2.45, 2.75) is 97.1 Å². The molecule has 3 rings (SSSR count). The fraction of sp³-hybridized carbons (Fsp3) is 0.571. The number of fused-ring (bicyclic) bond motifs is 1. The van der Waals surface area contributed by atoms with Gasteiger partial charge in [0.2, 0.25) is 0 Å². The Balaban J connectivity index is 2.32. The molecular weight excluding hydrogens is 440 g/mol. The summed E-state index contributed by atoms with van der Waals surface area (Å²) < 4.78 is 28.3. The lowest BCUT2D eigenvalue weighted by molar-refractivity contribution is 0.00578. The number of anilines is 1. The van der Waals surface area contributed by atoms with Crippen LogP contribution in [-0.4, -0.2) is 33.4 Å². The predicted octanol–water partition coefficient (Wildman–Crippen LogP) is 6.89. The lowest BCUT2D eigenvalue weighted by Crippen LogP contribution is -2.43. The molecule has 1 saturated heterocycles. The van der Waals surface area contributed by atoms with Crippen LogP contribution in [0.5, 0.6) is 0 Å². The van der Waals surface area contributed by atoms with Crippen LogP contribution in [0.3, 0.4) is 0 Å². The maximum absolute atomic E-state index is 15.5. The van der Waals surface area contributed by atoms with Crippen LogP contribution in [0, 0.1) is 17.3 Å². The molecule has 6 heteroatoms. The maximum atomic E-state index is 15.5. The highest BCUT2D eigenvalue weighted by Gasteiger charge is 2.52. The summed E-state index contributed by atoms with van der Waals surface area (Å²) in [5, 5.41) is 4.93. The molecule has 1 aliphatic heterocycles. The first-order valence-electron chi connectivity index (χ1n) is 12.5. The quantitative estimate of drug-likeness (QED) is 0.373. The van der Waals surface area contributed by atoms with E-state index in [0.717, 1.165) is 21.9 Å². The normalized spacial score (nSPS) is 17.6. The zero-order valence-corrected chi connectivity index (χ0v) is 23.8. The van der Waals surface area contributed by atoms with Gasteiger partial charge < -0.3 is 14.6 Å². The standard InChI is InChI=1S/C28H41BFNO2Si/c1-18(2)34(19(3)4,20(5)6)15-14-23-25(30)13-12-21-16-22(31-11)17-24(26(21)23)29-32-27(7,8)28(9,10)33-29/h12-13,16-20,31H,1-11H3. The first-order valence-corrected chi connectivity index (χ1v) is 14.7. The van der Waals surface area contributed by atoms with E-state index in [0.29, 0.717) is 22.2 Å². The molecule has 2 aromatic rings. The van der Waals surface area contributed by atoms with E-state index in [1.807, 2.05) is 52.9 Å². The highest BCUT2D eigenvalue weighted by molar-refractivity contribution is 6.90. The van der Waals surface area contributed by atoms with Crippen LogP contribution in [0.2, 0.25) is 16.6 Å². The van der Waals surface area contributed by atoms with Crippen LogP contribution in [0.25, 0.3) is 10.8 Å². The Morgan fingerprint density at radius 1 is 0.912 bits per heavy atom. The minimum Gasteiger partial charge on any atom is -0.399 e. The van der Waals surface area contributed by atoms with Gasteiger partial charge in [0.25, 0.3) is 0 Å². The summed E-state index contributed by atoms with van der Waals surface area (Å²) >= 11 is 0. The average molecular weight is 482 g/mol. The Hall–Kier alpha value is -1.81. The molecule has 1 fully saturated rings. The van der Waals surface area contributed by atoms with Gasteiger partial charge in [0.15, 0.2) is 0 Å². The van der Waals surface area contributed by atoms with Crippen molar-refractivity contribution in [2.24, 2.45) is 0 Å². The van der Waals surface area contributed by atoms with E-state index in [2.05, 4.69) is 58.3 Å². The zero-order valence-electron chi connectivity index (χ0n) is 22.8. The third-order valence-corrected chi connectivity index (χ3v) is 14.5. The van der Waals surface area contributed by atoms with E-state index in [1.165, 1.54) is 6.07 Å². The van der Waals surface area contributed by atoms with E-state index in [-0.39, 0.29) is 5.82 Å². The average Bonchev–Trinajstić information content (AvgIpc) is 2.95. The van der Waals surface area contributed by atoms with Crippen LogP contribution in [0.4, 0.5) is 10.1 Å². The van der Waals surface area contributed by atoms with Gasteiger partial charge in [-0.1, -0.05) is 53.5 Å². The molecule has 1 N–H and O–H groups in total. The second-order valence-corrected chi connectivity index (χ2v) is 17.2. The van der Waals surface area contributed by atoms with Crippen LogP contribution in [0.15, 0.2) is 24.3 Å². The lowest BCUT2D eigenvalue weighted by Gasteiger charge is -2.38. The zero-order chi connectivity index (χ0) is 25.6. The van der Waals surface area contributed by atoms with E-state index in [9.17, 15) is 0 Å². The van der Waals surface area contributed by atoms with Gasteiger partial charge in [-0.05, 0) is 73.4 Å². The van der Waals surface area contributed by atoms with E-state index < -0.39 is 26.4 Å². The number of rotatable bonds is 5. The van der Waals surface area contributed by atoms with E-state index >= 15 is 4.39 Å². The summed E-state index contributed by atoms with van der Waals surface area (Å²) in [6.45, 7) is 21.8. The first kappa shape index (κ1) is 26.8. The van der Waals surface area contributed by atoms with Gasteiger partial charge in [-0.15, -0.1) is 5.54 Å². The molecule has 2 aromatic carbocycles. The van der Waals surface area contributed by atoms with Crippen molar-refractivity contribution in [1.29, 1.82) is 0 Å². The molecule has 184 valence electrons. The molecule has 0 bridgehead atoms. The molecule has 1 aliphatic rings. The van der Waals surface area contributed by atoms with Crippen molar-refractivity contribution in [3.63, 3.8) is 0 Å². The molecule has 1 heterocycles. The summed E-state index contributed by atoms with van der Waals surface area (Å²) in [6.07, 6.45) is 0. The van der Waals surface area contributed by atoms with E-state index in [4.69, 9.17) is 9.31 Å². The van der Waals surface area contributed by atoms with Crippen LogP contribution in [0.1, 0.15) is 74.8 Å². The van der Waals surface area contributed by atoms with Crippen molar-refractivity contribution in [3.8, 4) is 11.5 Å². The topological polar surface area (TPSA) is 30.5 Å². The van der Waals surface area contributed by atoms with Crippen molar-refractivity contribution in [3.05, 3.63) is 35.6 Å². The molecule has 0 unspecified atom stereocenters. The Kier molecular flexibility index (Phi) is 7.35. The van der Waals surface area contributed by atoms with Crippen LogP contribution < -0.4 is 10.8 Å². The SMILES string of the molecule is CNc1cc(B2OC(C)(C)C(C)(C)O2)c2c(C#C[Si](C(C)C)(C(C)C)C(C)C)c(F)ccc2c1. The molecule has 0 spiro atoms. The first-order chi connectivity index (χ1) is 15.7. The summed E-state index contributed by atoms with van der Waals surface area (Å²) in [7, 11) is -0.760. The molecule has 0 atom stereocenters. The lowest BCUT2D eigenvalue weighted by atomic mass is 9.74. The Morgan fingerprint density at radius 2 is 1.44 bits per heavy atom. The molecular formula is C28H41BFNO2Si. The monoisotopic (exact) mass is 481 g/mol. The summed E-state index contributed by atoms with van der Waals surface area (Å²) in [5.41, 5.74) is 6.33.